The maximum atomic E-state index is 11.2. The van der Waals surface area contributed by atoms with E-state index in [9.17, 15) is 4.79 Å². The Morgan fingerprint density at radius 1 is 1.50 bits per heavy atom. The van der Waals surface area contributed by atoms with Gasteiger partial charge < -0.3 is 16.2 Å². The van der Waals surface area contributed by atoms with E-state index < -0.39 is 5.97 Å². The molecule has 0 aliphatic carbocycles. The van der Waals surface area contributed by atoms with Gasteiger partial charge in [-0.2, -0.15) is 0 Å². The average molecular weight is 192 g/mol. The second-order valence-corrected chi connectivity index (χ2v) is 2.69. The second kappa shape index (κ2) is 4.32. The summed E-state index contributed by atoms with van der Waals surface area (Å²) in [6.45, 7) is 0. The average Bonchev–Trinajstić information content (AvgIpc) is 2.20. The van der Waals surface area contributed by atoms with E-state index in [1.54, 1.807) is 24.3 Å². The van der Waals surface area contributed by atoms with Gasteiger partial charge in [-0.25, -0.2) is 4.79 Å². The number of nitrogens with two attached hydrogens (primary N) is 2. The largest absolute Gasteiger partial charge is 0.465 e. The molecule has 0 aliphatic heterocycles. The number of benzene rings is 1. The minimum absolute atomic E-state index is 0.392. The summed E-state index contributed by atoms with van der Waals surface area (Å²) in [6.07, 6.45) is 2.99. The lowest BCUT2D eigenvalue weighted by Crippen LogP contribution is -2.02. The molecular formula is C10H12N2O2. The standard InChI is InChI=1S/C10H12N2O2/c1-14-10(13)8-2-3-9(12)7(6-8)4-5-11/h2-6H,11-12H2,1H3/b5-4-. The first-order valence-electron chi connectivity index (χ1n) is 4.05. The lowest BCUT2D eigenvalue weighted by Gasteiger charge is -2.03. The summed E-state index contributed by atoms with van der Waals surface area (Å²) >= 11 is 0. The molecule has 0 saturated heterocycles. The van der Waals surface area contributed by atoms with Gasteiger partial charge in [0.25, 0.3) is 0 Å². The van der Waals surface area contributed by atoms with Crippen molar-refractivity contribution in [3.05, 3.63) is 35.5 Å². The second-order valence-electron chi connectivity index (χ2n) is 2.69. The molecule has 74 valence electrons. The van der Waals surface area contributed by atoms with Crippen molar-refractivity contribution in [2.24, 2.45) is 5.73 Å². The maximum Gasteiger partial charge on any atom is 0.337 e. The number of ether oxygens (including phenoxy) is 1. The van der Waals surface area contributed by atoms with Gasteiger partial charge in [0.05, 0.1) is 12.7 Å². The van der Waals surface area contributed by atoms with E-state index in [0.29, 0.717) is 16.8 Å². The zero-order chi connectivity index (χ0) is 10.6. The van der Waals surface area contributed by atoms with Gasteiger partial charge >= 0.3 is 5.97 Å². The molecule has 4 heteroatoms. The van der Waals surface area contributed by atoms with Gasteiger partial charge in [0, 0.05) is 5.69 Å². The van der Waals surface area contributed by atoms with Crippen LogP contribution in [0.2, 0.25) is 0 Å². The molecule has 0 bridgehead atoms. The van der Waals surface area contributed by atoms with Gasteiger partial charge in [0.15, 0.2) is 0 Å². The van der Waals surface area contributed by atoms with E-state index in [-0.39, 0.29) is 0 Å². The first-order valence-corrected chi connectivity index (χ1v) is 4.05. The summed E-state index contributed by atoms with van der Waals surface area (Å²) in [5.41, 5.74) is 12.6. The predicted octanol–water partition coefficient (Wildman–Crippen LogP) is 0.985. The van der Waals surface area contributed by atoms with E-state index in [0.717, 1.165) is 0 Å². The summed E-state index contributed by atoms with van der Waals surface area (Å²) in [4.78, 5) is 11.2. The summed E-state index contributed by atoms with van der Waals surface area (Å²) in [6, 6.07) is 4.88. The van der Waals surface area contributed by atoms with Crippen molar-refractivity contribution in [2.45, 2.75) is 0 Å². The third-order valence-electron chi connectivity index (χ3n) is 1.78. The van der Waals surface area contributed by atoms with E-state index in [1.807, 2.05) is 0 Å². The molecule has 0 aliphatic rings. The molecule has 0 heterocycles. The molecule has 0 saturated carbocycles. The molecule has 0 amide bonds. The third-order valence-corrected chi connectivity index (χ3v) is 1.78. The quantitative estimate of drug-likeness (QED) is 0.541. The number of methoxy groups -OCH3 is 1. The minimum Gasteiger partial charge on any atom is -0.465 e. The van der Waals surface area contributed by atoms with Crippen LogP contribution >= 0.6 is 0 Å². The van der Waals surface area contributed by atoms with Gasteiger partial charge in [0.1, 0.15) is 0 Å². The lowest BCUT2D eigenvalue weighted by molar-refractivity contribution is 0.0601. The highest BCUT2D eigenvalue weighted by molar-refractivity contribution is 5.91. The number of carbonyl (C=O) groups excluding carboxylic acids is 1. The van der Waals surface area contributed by atoms with Gasteiger partial charge in [0.2, 0.25) is 0 Å². The van der Waals surface area contributed by atoms with Crippen molar-refractivity contribution in [2.75, 3.05) is 12.8 Å². The van der Waals surface area contributed by atoms with E-state index in [4.69, 9.17) is 11.5 Å². The molecule has 1 rings (SSSR count). The number of rotatable bonds is 2. The van der Waals surface area contributed by atoms with Gasteiger partial charge in [-0.3, -0.25) is 0 Å². The normalized spacial score (nSPS) is 10.4. The zero-order valence-electron chi connectivity index (χ0n) is 7.86. The van der Waals surface area contributed by atoms with Crippen molar-refractivity contribution in [1.29, 1.82) is 0 Å². The van der Waals surface area contributed by atoms with Crippen LogP contribution in [-0.4, -0.2) is 13.1 Å². The Bertz CT molecular complexity index is 372. The molecule has 1 aromatic rings. The van der Waals surface area contributed by atoms with Crippen LogP contribution in [0.1, 0.15) is 15.9 Å². The zero-order valence-corrected chi connectivity index (χ0v) is 7.86. The fourth-order valence-electron chi connectivity index (χ4n) is 1.07. The lowest BCUT2D eigenvalue weighted by atomic mass is 10.1. The highest BCUT2D eigenvalue weighted by Gasteiger charge is 2.06. The monoisotopic (exact) mass is 192 g/mol. The van der Waals surface area contributed by atoms with Gasteiger partial charge in [-0.05, 0) is 36.0 Å². The van der Waals surface area contributed by atoms with Crippen molar-refractivity contribution in [3.63, 3.8) is 0 Å². The fraction of sp³-hybridized carbons (Fsp3) is 0.100. The molecule has 4 nitrogen and oxygen atoms in total. The smallest absolute Gasteiger partial charge is 0.337 e. The van der Waals surface area contributed by atoms with Gasteiger partial charge in [-0.15, -0.1) is 0 Å². The first-order chi connectivity index (χ1) is 6.69. The van der Waals surface area contributed by atoms with Crippen LogP contribution in [0.25, 0.3) is 6.08 Å². The molecule has 0 atom stereocenters. The van der Waals surface area contributed by atoms with Crippen LogP contribution in [0.4, 0.5) is 5.69 Å². The van der Waals surface area contributed by atoms with Crippen LogP contribution in [0, 0.1) is 0 Å². The fourth-order valence-corrected chi connectivity index (χ4v) is 1.07. The number of hydrogen-bond donors (Lipinski definition) is 2. The van der Waals surface area contributed by atoms with Crippen LogP contribution in [-0.2, 0) is 4.74 Å². The van der Waals surface area contributed by atoms with Crippen LogP contribution in [0.5, 0.6) is 0 Å². The van der Waals surface area contributed by atoms with Crippen molar-refractivity contribution in [3.8, 4) is 0 Å². The van der Waals surface area contributed by atoms with Crippen LogP contribution < -0.4 is 11.5 Å². The Labute approximate surface area is 82.2 Å². The number of esters is 1. The number of carbonyl (C=O) groups is 1. The van der Waals surface area contributed by atoms with Crippen LogP contribution in [0.15, 0.2) is 24.4 Å². The first kappa shape index (κ1) is 10.1. The molecule has 14 heavy (non-hydrogen) atoms. The Balaban J connectivity index is 3.12. The Morgan fingerprint density at radius 3 is 2.79 bits per heavy atom. The third kappa shape index (κ3) is 2.04. The topological polar surface area (TPSA) is 78.3 Å². The summed E-state index contributed by atoms with van der Waals surface area (Å²) < 4.78 is 4.57. The summed E-state index contributed by atoms with van der Waals surface area (Å²) in [7, 11) is 1.33. The highest BCUT2D eigenvalue weighted by Crippen LogP contribution is 2.15. The number of hydrogen-bond acceptors (Lipinski definition) is 4. The molecule has 0 aromatic heterocycles. The van der Waals surface area contributed by atoms with E-state index in [2.05, 4.69) is 4.74 Å². The molecule has 1 aromatic carbocycles. The Kier molecular flexibility index (Phi) is 3.12. The molecule has 4 N–H and O–H groups in total. The Hall–Kier alpha value is -1.97. The SMILES string of the molecule is COC(=O)c1ccc(N)c(/C=C\N)c1. The summed E-state index contributed by atoms with van der Waals surface area (Å²) in [5, 5.41) is 0. The van der Waals surface area contributed by atoms with E-state index in [1.165, 1.54) is 13.3 Å². The van der Waals surface area contributed by atoms with Crippen molar-refractivity contribution < 1.29 is 9.53 Å². The van der Waals surface area contributed by atoms with E-state index >= 15 is 0 Å². The maximum absolute atomic E-state index is 11.2. The molecular weight excluding hydrogens is 180 g/mol. The number of nitrogen functional groups attached to an aromatic ring is 1. The number of anilines is 1. The van der Waals surface area contributed by atoms with Gasteiger partial charge in [-0.1, -0.05) is 0 Å². The van der Waals surface area contributed by atoms with Crippen molar-refractivity contribution >= 4 is 17.7 Å². The predicted molar refractivity (Wildman–Crippen MR) is 55.4 cm³/mol. The summed E-state index contributed by atoms with van der Waals surface area (Å²) in [5.74, 6) is -0.392. The Morgan fingerprint density at radius 2 is 2.21 bits per heavy atom. The molecule has 0 fully saturated rings. The molecule has 0 spiro atoms. The van der Waals surface area contributed by atoms with Crippen LogP contribution in [0.3, 0.4) is 0 Å². The van der Waals surface area contributed by atoms with Crippen molar-refractivity contribution in [1.82, 2.24) is 0 Å². The molecule has 0 unspecified atom stereocenters. The minimum atomic E-state index is -0.392. The molecule has 0 radical (unpaired) electrons. The highest BCUT2D eigenvalue weighted by atomic mass is 16.5.